The van der Waals surface area contributed by atoms with Gasteiger partial charge >= 0.3 is 18.2 Å². The number of urea groups is 1. The van der Waals surface area contributed by atoms with E-state index in [-0.39, 0.29) is 28.1 Å². The number of hydrogen-bond acceptors (Lipinski definition) is 6. The van der Waals surface area contributed by atoms with Crippen molar-refractivity contribution in [2.45, 2.75) is 50.9 Å². The van der Waals surface area contributed by atoms with Gasteiger partial charge in [-0.3, -0.25) is 9.80 Å². The topological polar surface area (TPSA) is 143 Å². The van der Waals surface area contributed by atoms with Gasteiger partial charge in [0, 0.05) is 12.0 Å². The zero-order valence-electron chi connectivity index (χ0n) is 22.1. The maximum Gasteiger partial charge on any atom is 0.416 e. The highest BCUT2D eigenvalue weighted by atomic mass is 32.2. The number of carbonyl (C=O) groups excluding carboxylic acids is 1. The molecule has 3 rings (SSSR count). The van der Waals surface area contributed by atoms with E-state index in [2.05, 4.69) is 0 Å². The summed E-state index contributed by atoms with van der Waals surface area (Å²) in [5.41, 5.74) is -3.08. The van der Waals surface area contributed by atoms with E-state index in [4.69, 9.17) is 0 Å². The lowest BCUT2D eigenvalue weighted by Crippen LogP contribution is -2.59. The largest absolute Gasteiger partial charge is 0.480 e. The molecule has 1 unspecified atom stereocenters. The average molecular weight is 575 g/mol. The van der Waals surface area contributed by atoms with Crippen LogP contribution in [0.15, 0.2) is 58.6 Å². The fourth-order valence-corrected chi connectivity index (χ4v) is 5.67. The van der Waals surface area contributed by atoms with E-state index in [1.165, 1.54) is 45.9 Å². The number of carboxylic acids is 1. The van der Waals surface area contributed by atoms with Crippen LogP contribution in [0.25, 0.3) is 0 Å². The first-order valence-electron chi connectivity index (χ1n) is 11.7. The van der Waals surface area contributed by atoms with E-state index >= 15 is 0 Å². The Labute approximate surface area is 229 Å². The van der Waals surface area contributed by atoms with Gasteiger partial charge < -0.3 is 5.11 Å². The quantitative estimate of drug-likeness (QED) is 0.513. The number of carbonyl (C=O) groups is 2. The maximum absolute atomic E-state index is 14.2. The second kappa shape index (κ2) is 10.3. The number of aliphatic carboxylic acids is 1. The summed E-state index contributed by atoms with van der Waals surface area (Å²) >= 11 is 0. The predicted molar refractivity (Wildman–Crippen MR) is 137 cm³/mol. The smallest absolute Gasteiger partial charge is 0.416 e. The second-order valence-electron chi connectivity index (χ2n) is 10.3. The molecule has 0 saturated carbocycles. The molecule has 0 aromatic heterocycles. The lowest BCUT2D eigenvalue weighted by atomic mass is 9.82. The van der Waals surface area contributed by atoms with Crippen molar-refractivity contribution in [1.82, 2.24) is 4.90 Å². The number of allylic oxidation sites excluding steroid dienone is 1. The van der Waals surface area contributed by atoms with Crippen LogP contribution < -0.4 is 4.90 Å². The molecule has 0 radical (unpaired) electrons. The van der Waals surface area contributed by atoms with Crippen LogP contribution in [-0.4, -0.2) is 42.7 Å². The van der Waals surface area contributed by atoms with Gasteiger partial charge in [-0.1, -0.05) is 32.9 Å². The summed E-state index contributed by atoms with van der Waals surface area (Å²) in [5, 5.41) is 29.9. The maximum atomic E-state index is 14.2. The Bertz CT molecular complexity index is 1610. The minimum atomic E-state index is -4.76. The first-order valence-corrected chi connectivity index (χ1v) is 13.6. The molecule has 210 valence electrons. The van der Waals surface area contributed by atoms with Gasteiger partial charge in [0.1, 0.15) is 6.04 Å². The fraction of sp³-hybridized carbons (Fsp3) is 0.333. The fourth-order valence-electron chi connectivity index (χ4n) is 4.72. The lowest BCUT2D eigenvalue weighted by Gasteiger charge is -2.47. The highest BCUT2D eigenvalue weighted by molar-refractivity contribution is 7.90. The van der Waals surface area contributed by atoms with Crippen molar-refractivity contribution in [2.24, 2.45) is 5.41 Å². The minimum Gasteiger partial charge on any atom is -0.480 e. The normalized spacial score (nSPS) is 17.4. The van der Waals surface area contributed by atoms with Crippen LogP contribution in [0.1, 0.15) is 50.4 Å². The molecule has 0 aliphatic carbocycles. The van der Waals surface area contributed by atoms with E-state index in [9.17, 15) is 46.8 Å². The Hall–Kier alpha value is -4.36. The van der Waals surface area contributed by atoms with Crippen molar-refractivity contribution < 1.29 is 36.3 Å². The number of anilines is 1. The number of halogens is 3. The van der Waals surface area contributed by atoms with Crippen molar-refractivity contribution in [1.29, 1.82) is 10.5 Å². The molecule has 9 nitrogen and oxygen atoms in total. The standard InChI is InChI=1S/C27H25F3N4O5S/c1-15-20(14-32)22(19-10-9-16(13-31)11-21(19)40(5,38)39)34(23(24(35)36)26(2,3)4)25(37)33(15)18-8-6-7-17(12-18)27(28,29)30/h6-12,22-23H,1-5H3,(H,35,36)/t22-,23?/m0/s1. The summed E-state index contributed by atoms with van der Waals surface area (Å²) < 4.78 is 66.1. The van der Waals surface area contributed by atoms with E-state index in [1.54, 1.807) is 0 Å². The minimum absolute atomic E-state index is 0.0340. The van der Waals surface area contributed by atoms with Gasteiger partial charge in [0.25, 0.3) is 0 Å². The van der Waals surface area contributed by atoms with Crippen LogP contribution >= 0.6 is 0 Å². The Morgan fingerprint density at radius 2 is 1.70 bits per heavy atom. The molecule has 0 bridgehead atoms. The number of hydrogen-bond donors (Lipinski definition) is 1. The first-order chi connectivity index (χ1) is 18.3. The zero-order chi connectivity index (χ0) is 30.4. The molecule has 0 spiro atoms. The number of alkyl halides is 3. The molecule has 0 fully saturated rings. The average Bonchev–Trinajstić information content (AvgIpc) is 2.83. The summed E-state index contributed by atoms with van der Waals surface area (Å²) in [6.07, 6.45) is -3.90. The molecule has 2 aromatic carbocycles. The second-order valence-corrected chi connectivity index (χ2v) is 12.3. The Morgan fingerprint density at radius 3 is 2.17 bits per heavy atom. The molecule has 2 amide bonds. The van der Waals surface area contributed by atoms with Gasteiger partial charge in [-0.2, -0.15) is 23.7 Å². The van der Waals surface area contributed by atoms with E-state index in [0.29, 0.717) is 6.07 Å². The zero-order valence-corrected chi connectivity index (χ0v) is 22.9. The van der Waals surface area contributed by atoms with Gasteiger partial charge in [-0.15, -0.1) is 0 Å². The molecule has 2 aromatic rings. The number of rotatable bonds is 5. The summed E-state index contributed by atoms with van der Waals surface area (Å²) in [7, 11) is -4.08. The number of carboxylic acid groups (broad SMARTS) is 1. The predicted octanol–water partition coefficient (Wildman–Crippen LogP) is 5.26. The van der Waals surface area contributed by atoms with Crippen molar-refractivity contribution in [3.63, 3.8) is 0 Å². The third-order valence-electron chi connectivity index (χ3n) is 6.41. The van der Waals surface area contributed by atoms with E-state index in [0.717, 1.165) is 34.3 Å². The van der Waals surface area contributed by atoms with Crippen LogP contribution in [-0.2, 0) is 20.8 Å². The van der Waals surface area contributed by atoms with Crippen LogP contribution in [0.2, 0.25) is 0 Å². The number of sulfone groups is 1. The van der Waals surface area contributed by atoms with Crippen molar-refractivity contribution in [2.75, 3.05) is 11.2 Å². The van der Waals surface area contributed by atoms with Gasteiger partial charge in [-0.05, 0) is 48.2 Å². The van der Waals surface area contributed by atoms with Gasteiger partial charge in [0.15, 0.2) is 9.84 Å². The molecular weight excluding hydrogens is 549 g/mol. The molecule has 1 N–H and O–H groups in total. The van der Waals surface area contributed by atoms with E-state index < -0.39 is 56.0 Å². The van der Waals surface area contributed by atoms with Crippen molar-refractivity contribution >= 4 is 27.5 Å². The van der Waals surface area contributed by atoms with Crippen molar-refractivity contribution in [3.05, 3.63) is 70.4 Å². The van der Waals surface area contributed by atoms with Crippen LogP contribution in [0.3, 0.4) is 0 Å². The highest BCUT2D eigenvalue weighted by Crippen LogP contribution is 2.45. The van der Waals surface area contributed by atoms with Crippen LogP contribution in [0.5, 0.6) is 0 Å². The number of nitrogens with zero attached hydrogens (tertiary/aromatic N) is 4. The third kappa shape index (κ3) is 5.51. The summed E-state index contributed by atoms with van der Waals surface area (Å²) in [6.45, 7) is 5.84. The monoisotopic (exact) mass is 574 g/mol. The number of nitriles is 2. The van der Waals surface area contributed by atoms with Gasteiger partial charge in [0.05, 0.1) is 45.5 Å². The lowest BCUT2D eigenvalue weighted by molar-refractivity contribution is -0.147. The summed E-state index contributed by atoms with van der Waals surface area (Å²) in [5.74, 6) is -1.48. The van der Waals surface area contributed by atoms with Crippen LogP contribution in [0, 0.1) is 28.1 Å². The molecule has 1 aliphatic heterocycles. The third-order valence-corrected chi connectivity index (χ3v) is 7.56. The SMILES string of the molecule is CC1=C(C#N)[C@H](c2ccc(C#N)cc2S(C)(=O)=O)N(C(C(=O)O)C(C)(C)C)C(=O)N1c1cccc(C(F)(F)F)c1. The number of benzene rings is 2. The van der Waals surface area contributed by atoms with E-state index in [1.807, 2.05) is 12.1 Å². The summed E-state index contributed by atoms with van der Waals surface area (Å²) in [6, 6.07) is 6.77. The Morgan fingerprint density at radius 1 is 1.07 bits per heavy atom. The molecule has 1 aliphatic rings. The molecule has 40 heavy (non-hydrogen) atoms. The number of amides is 2. The molecule has 0 saturated heterocycles. The molecule has 1 heterocycles. The molecule has 2 atom stereocenters. The highest BCUT2D eigenvalue weighted by Gasteiger charge is 2.50. The molecule has 13 heteroatoms. The molecular formula is C27H25F3N4O5S. The first kappa shape index (κ1) is 30.2. The Balaban J connectivity index is 2.48. The van der Waals surface area contributed by atoms with Crippen LogP contribution in [0.4, 0.5) is 23.7 Å². The Kier molecular flexibility index (Phi) is 7.79. The van der Waals surface area contributed by atoms with Gasteiger partial charge in [0.2, 0.25) is 0 Å². The van der Waals surface area contributed by atoms with Crippen molar-refractivity contribution in [3.8, 4) is 12.1 Å². The van der Waals surface area contributed by atoms with Gasteiger partial charge in [-0.25, -0.2) is 18.0 Å². The summed E-state index contributed by atoms with van der Waals surface area (Å²) in [4.78, 5) is 28.0.